The van der Waals surface area contributed by atoms with Gasteiger partial charge in [-0.15, -0.1) is 0 Å². The van der Waals surface area contributed by atoms with E-state index in [4.69, 9.17) is 10.8 Å². The predicted octanol–water partition coefficient (Wildman–Crippen LogP) is -0.776. The van der Waals surface area contributed by atoms with Crippen molar-refractivity contribution < 1.29 is 19.5 Å². The topological polar surface area (TPSA) is 113 Å². The normalized spacial score (nSPS) is 21.7. The Bertz CT molecular complexity index is 316. The number of aliphatic carboxylic acids is 1. The van der Waals surface area contributed by atoms with E-state index in [0.717, 1.165) is 11.3 Å². The molecule has 0 aromatic rings. The minimum Gasteiger partial charge on any atom is -0.480 e. The Kier molecular flexibility index (Phi) is 4.30. The lowest BCUT2D eigenvalue weighted by Gasteiger charge is -2.19. The Labute approximate surface area is 98.9 Å². The lowest BCUT2D eigenvalue weighted by Crippen LogP contribution is -2.47. The Morgan fingerprint density at radius 1 is 1.41 bits per heavy atom. The summed E-state index contributed by atoms with van der Waals surface area (Å²) >= 11 is 0. The maximum atomic E-state index is 11.6. The average Bonchev–Trinajstić information content (AvgIpc) is 2.88. The van der Waals surface area contributed by atoms with Crippen LogP contribution in [0.4, 0.5) is 4.79 Å². The Hall–Kier alpha value is -1.79. The monoisotopic (exact) mass is 243 g/mol. The fraction of sp³-hybridized carbons (Fsp3) is 0.700. The first-order valence-electron chi connectivity index (χ1n) is 5.43. The largest absolute Gasteiger partial charge is 0.480 e. The van der Waals surface area contributed by atoms with Crippen molar-refractivity contribution in [2.75, 3.05) is 19.6 Å². The van der Waals surface area contributed by atoms with Crippen molar-refractivity contribution in [3.63, 3.8) is 0 Å². The molecule has 0 heterocycles. The molecule has 0 radical (unpaired) electrons. The van der Waals surface area contributed by atoms with Crippen molar-refractivity contribution in [2.45, 2.75) is 13.3 Å². The zero-order chi connectivity index (χ0) is 13.0. The van der Waals surface area contributed by atoms with E-state index < -0.39 is 31.0 Å². The van der Waals surface area contributed by atoms with Gasteiger partial charge in [-0.1, -0.05) is 6.92 Å². The number of nitrogens with zero attached hydrogens (tertiary/aromatic N) is 1. The van der Waals surface area contributed by atoms with Gasteiger partial charge in [0, 0.05) is 6.54 Å². The quantitative estimate of drug-likeness (QED) is 0.568. The number of carboxylic acids is 1. The summed E-state index contributed by atoms with van der Waals surface area (Å²) in [6, 6.07) is -0.565. The number of urea groups is 1. The summed E-state index contributed by atoms with van der Waals surface area (Å²) in [5.74, 6) is -0.860. The first-order chi connectivity index (χ1) is 7.90. The predicted molar refractivity (Wildman–Crippen MR) is 59.1 cm³/mol. The summed E-state index contributed by atoms with van der Waals surface area (Å²) in [4.78, 5) is 33.7. The molecule has 7 nitrogen and oxygen atoms in total. The molecule has 7 heteroatoms. The smallest absolute Gasteiger partial charge is 0.323 e. The van der Waals surface area contributed by atoms with E-state index in [1.165, 1.54) is 0 Å². The minimum atomic E-state index is -1.18. The lowest BCUT2D eigenvalue weighted by atomic mass is 10.3. The number of rotatable bonds is 6. The Morgan fingerprint density at radius 2 is 2.00 bits per heavy atom. The van der Waals surface area contributed by atoms with E-state index in [1.54, 1.807) is 0 Å². The number of nitrogens with two attached hydrogens (primary N) is 1. The molecule has 0 aromatic carbocycles. The van der Waals surface area contributed by atoms with Crippen molar-refractivity contribution in [2.24, 2.45) is 17.6 Å². The second-order valence-corrected chi connectivity index (χ2v) is 4.38. The van der Waals surface area contributed by atoms with Crippen molar-refractivity contribution in [1.29, 1.82) is 0 Å². The highest BCUT2D eigenvalue weighted by molar-refractivity contribution is 5.85. The molecule has 0 bridgehead atoms. The number of hydrogen-bond donors (Lipinski definition) is 3. The molecule has 0 aromatic heterocycles. The van der Waals surface area contributed by atoms with Crippen LogP contribution in [0.3, 0.4) is 0 Å². The minimum absolute atomic E-state index is 0.391. The van der Waals surface area contributed by atoms with Gasteiger partial charge in [0.2, 0.25) is 5.91 Å². The maximum Gasteiger partial charge on any atom is 0.323 e. The molecule has 1 aliphatic carbocycles. The summed E-state index contributed by atoms with van der Waals surface area (Å²) in [6.45, 7) is 1.66. The van der Waals surface area contributed by atoms with Gasteiger partial charge in [-0.05, 0) is 18.3 Å². The summed E-state index contributed by atoms with van der Waals surface area (Å²) in [6.07, 6.45) is 1.06. The second kappa shape index (κ2) is 5.51. The fourth-order valence-electron chi connectivity index (χ4n) is 1.56. The van der Waals surface area contributed by atoms with E-state index >= 15 is 0 Å². The number of amides is 3. The summed E-state index contributed by atoms with van der Waals surface area (Å²) in [5, 5.41) is 11.2. The van der Waals surface area contributed by atoms with Crippen LogP contribution in [0.25, 0.3) is 0 Å². The number of carbonyl (C=O) groups is 3. The number of carbonyl (C=O) groups excluding carboxylic acids is 2. The number of carboxylic acid groups (broad SMARTS) is 1. The highest BCUT2D eigenvalue weighted by atomic mass is 16.4. The third-order valence-corrected chi connectivity index (χ3v) is 2.75. The second-order valence-electron chi connectivity index (χ2n) is 4.38. The van der Waals surface area contributed by atoms with Crippen LogP contribution < -0.4 is 11.1 Å². The van der Waals surface area contributed by atoms with Gasteiger partial charge >= 0.3 is 12.0 Å². The van der Waals surface area contributed by atoms with Crippen LogP contribution in [0.5, 0.6) is 0 Å². The van der Waals surface area contributed by atoms with Crippen LogP contribution in [-0.2, 0) is 9.59 Å². The molecule has 1 rings (SSSR count). The molecule has 1 aliphatic rings. The van der Waals surface area contributed by atoms with Gasteiger partial charge in [0.1, 0.15) is 13.1 Å². The van der Waals surface area contributed by atoms with Gasteiger partial charge in [-0.3, -0.25) is 9.59 Å². The van der Waals surface area contributed by atoms with Crippen LogP contribution in [0.15, 0.2) is 0 Å². The highest BCUT2D eigenvalue weighted by Gasteiger charge is 2.33. The van der Waals surface area contributed by atoms with Gasteiger partial charge in [0.25, 0.3) is 0 Å². The molecule has 96 valence electrons. The molecule has 2 unspecified atom stereocenters. The molecule has 1 saturated carbocycles. The maximum absolute atomic E-state index is 11.6. The molecule has 0 saturated heterocycles. The SMILES string of the molecule is CC1CC1CNC(=O)N(CC(N)=O)CC(=O)O. The van der Waals surface area contributed by atoms with Crippen molar-refractivity contribution in [3.05, 3.63) is 0 Å². The average molecular weight is 243 g/mol. The Morgan fingerprint density at radius 3 is 2.41 bits per heavy atom. The molecular weight excluding hydrogens is 226 g/mol. The van der Waals surface area contributed by atoms with Gasteiger partial charge < -0.3 is 21.1 Å². The van der Waals surface area contributed by atoms with E-state index in [1.807, 2.05) is 0 Å². The summed E-state index contributed by atoms with van der Waals surface area (Å²) in [5.41, 5.74) is 4.94. The van der Waals surface area contributed by atoms with E-state index in [-0.39, 0.29) is 0 Å². The zero-order valence-electron chi connectivity index (χ0n) is 9.68. The third kappa shape index (κ3) is 4.71. The first kappa shape index (κ1) is 13.3. The standard InChI is InChI=1S/C10H17N3O4/c1-6-2-7(6)3-12-10(17)13(4-8(11)14)5-9(15)16/h6-7H,2-5H2,1H3,(H2,11,14)(H,12,17)(H,15,16). The van der Waals surface area contributed by atoms with Crippen LogP contribution in [0, 0.1) is 11.8 Å². The van der Waals surface area contributed by atoms with Crippen LogP contribution in [0.1, 0.15) is 13.3 Å². The van der Waals surface area contributed by atoms with Crippen LogP contribution in [0.2, 0.25) is 0 Å². The molecule has 4 N–H and O–H groups in total. The number of primary amides is 1. The van der Waals surface area contributed by atoms with Gasteiger partial charge in [0.05, 0.1) is 0 Å². The summed E-state index contributed by atoms with van der Waals surface area (Å²) in [7, 11) is 0. The Balaban J connectivity index is 2.40. The number of nitrogens with one attached hydrogen (secondary N) is 1. The highest BCUT2D eigenvalue weighted by Crippen LogP contribution is 2.36. The zero-order valence-corrected chi connectivity index (χ0v) is 9.68. The van der Waals surface area contributed by atoms with E-state index in [0.29, 0.717) is 18.4 Å². The van der Waals surface area contributed by atoms with Crippen molar-refractivity contribution in [3.8, 4) is 0 Å². The lowest BCUT2D eigenvalue weighted by molar-refractivity contribution is -0.137. The van der Waals surface area contributed by atoms with Crippen LogP contribution in [-0.4, -0.2) is 47.5 Å². The molecule has 0 spiro atoms. The van der Waals surface area contributed by atoms with Crippen molar-refractivity contribution >= 4 is 17.9 Å². The summed E-state index contributed by atoms with van der Waals surface area (Å²) < 4.78 is 0. The van der Waals surface area contributed by atoms with Gasteiger partial charge in [0.15, 0.2) is 0 Å². The third-order valence-electron chi connectivity index (χ3n) is 2.75. The molecule has 0 aliphatic heterocycles. The number of hydrogen-bond acceptors (Lipinski definition) is 3. The van der Waals surface area contributed by atoms with Gasteiger partial charge in [-0.25, -0.2) is 4.79 Å². The molecule has 1 fully saturated rings. The molecule has 3 amide bonds. The molecular formula is C10H17N3O4. The van der Waals surface area contributed by atoms with Gasteiger partial charge in [-0.2, -0.15) is 0 Å². The molecule has 17 heavy (non-hydrogen) atoms. The van der Waals surface area contributed by atoms with E-state index in [2.05, 4.69) is 12.2 Å². The molecule has 2 atom stereocenters. The van der Waals surface area contributed by atoms with Crippen molar-refractivity contribution in [1.82, 2.24) is 10.2 Å². The fourth-order valence-corrected chi connectivity index (χ4v) is 1.56. The first-order valence-corrected chi connectivity index (χ1v) is 5.43. The van der Waals surface area contributed by atoms with Crippen LogP contribution >= 0.6 is 0 Å². The van der Waals surface area contributed by atoms with E-state index in [9.17, 15) is 14.4 Å².